The van der Waals surface area contributed by atoms with Crippen LogP contribution in [0.1, 0.15) is 30.8 Å². The van der Waals surface area contributed by atoms with Gasteiger partial charge in [-0.1, -0.05) is 49.3 Å². The van der Waals surface area contributed by atoms with Gasteiger partial charge in [0.25, 0.3) is 5.91 Å². The maximum Gasteiger partial charge on any atom is 0.273 e. The molecule has 0 bridgehead atoms. The Morgan fingerprint density at radius 2 is 2.08 bits per heavy atom. The molecule has 7 heteroatoms. The maximum absolute atomic E-state index is 12.4. The monoisotopic (exact) mass is 356 g/mol. The molecule has 1 aliphatic heterocycles. The molecule has 1 aromatic heterocycles. The molecule has 3 N–H and O–H groups in total. The molecule has 1 fully saturated rings. The first-order valence-electron chi connectivity index (χ1n) is 8.70. The summed E-state index contributed by atoms with van der Waals surface area (Å²) in [6.07, 6.45) is 0.760. The highest BCUT2D eigenvalue weighted by atomic mass is 16.5. The van der Waals surface area contributed by atoms with E-state index >= 15 is 0 Å². The highest BCUT2D eigenvalue weighted by molar-refractivity contribution is 5.95. The van der Waals surface area contributed by atoms with Crippen LogP contribution >= 0.6 is 0 Å². The Bertz CT molecular complexity index is 785. The average Bonchev–Trinajstić information content (AvgIpc) is 3.12. The number of hydrogen-bond acceptors (Lipinski definition) is 5. The first kappa shape index (κ1) is 18.1. The number of nitrogens with zero attached hydrogens (tertiary/aromatic N) is 2. The predicted molar refractivity (Wildman–Crippen MR) is 97.2 cm³/mol. The summed E-state index contributed by atoms with van der Waals surface area (Å²) in [6.45, 7) is 5.23. The summed E-state index contributed by atoms with van der Waals surface area (Å²) >= 11 is 0. The minimum Gasteiger partial charge on any atom is -0.355 e. The quantitative estimate of drug-likeness (QED) is 0.867. The molecule has 1 aliphatic rings. The highest BCUT2D eigenvalue weighted by Crippen LogP contribution is 2.27. The van der Waals surface area contributed by atoms with Gasteiger partial charge in [0.05, 0.1) is 6.54 Å². The molecule has 1 unspecified atom stereocenters. The van der Waals surface area contributed by atoms with Crippen LogP contribution in [0.5, 0.6) is 0 Å². The Balaban J connectivity index is 1.56. The molecular weight excluding hydrogens is 332 g/mol. The minimum atomic E-state index is -0.433. The normalized spacial score (nSPS) is 19.2. The average molecular weight is 356 g/mol. The summed E-state index contributed by atoms with van der Waals surface area (Å²) in [5.74, 6) is -0.0452. The number of carbonyl (C=O) groups is 2. The van der Waals surface area contributed by atoms with Crippen LogP contribution < -0.4 is 11.1 Å². The van der Waals surface area contributed by atoms with Crippen molar-refractivity contribution >= 4 is 11.8 Å². The molecule has 1 atom stereocenters. The number of likely N-dealkylation sites (tertiary alicyclic amines) is 1. The van der Waals surface area contributed by atoms with Crippen molar-refractivity contribution in [3.8, 4) is 11.3 Å². The van der Waals surface area contributed by atoms with Crippen LogP contribution in [0, 0.1) is 5.41 Å². The van der Waals surface area contributed by atoms with Gasteiger partial charge in [-0.25, -0.2) is 0 Å². The van der Waals surface area contributed by atoms with Gasteiger partial charge in [-0.05, 0) is 11.8 Å². The summed E-state index contributed by atoms with van der Waals surface area (Å²) in [5.41, 5.74) is 6.95. The summed E-state index contributed by atoms with van der Waals surface area (Å²) in [6, 6.07) is 11.0. The van der Waals surface area contributed by atoms with Crippen LogP contribution in [0.4, 0.5) is 0 Å². The molecule has 0 aliphatic carbocycles. The lowest BCUT2D eigenvalue weighted by atomic mass is 9.79. The molecule has 2 heterocycles. The number of aromatic nitrogens is 1. The fourth-order valence-corrected chi connectivity index (χ4v) is 3.07. The van der Waals surface area contributed by atoms with E-state index in [2.05, 4.69) is 24.3 Å². The zero-order valence-electron chi connectivity index (χ0n) is 15.1. The second-order valence-corrected chi connectivity index (χ2v) is 7.32. The van der Waals surface area contributed by atoms with E-state index in [4.69, 9.17) is 10.3 Å². The molecule has 26 heavy (non-hydrogen) atoms. The number of nitrogens with one attached hydrogen (secondary N) is 1. The summed E-state index contributed by atoms with van der Waals surface area (Å²) < 4.78 is 5.21. The third-order valence-electron chi connectivity index (χ3n) is 4.87. The number of rotatable bonds is 4. The van der Waals surface area contributed by atoms with Crippen LogP contribution in [0.2, 0.25) is 0 Å². The number of hydrogen-bond donors (Lipinski definition) is 2. The Labute approximate surface area is 152 Å². The van der Waals surface area contributed by atoms with Crippen molar-refractivity contribution in [1.29, 1.82) is 0 Å². The lowest BCUT2D eigenvalue weighted by Crippen LogP contribution is -2.55. The van der Waals surface area contributed by atoms with Gasteiger partial charge in [0.15, 0.2) is 11.5 Å². The lowest BCUT2D eigenvalue weighted by Gasteiger charge is -2.42. The molecule has 138 valence electrons. The van der Waals surface area contributed by atoms with Crippen LogP contribution in [0.25, 0.3) is 11.3 Å². The number of piperidine rings is 1. The first-order chi connectivity index (χ1) is 12.4. The van der Waals surface area contributed by atoms with E-state index in [1.165, 1.54) is 0 Å². The summed E-state index contributed by atoms with van der Waals surface area (Å²) in [5, 5.41) is 6.40. The molecule has 3 rings (SSSR count). The molecule has 7 nitrogen and oxygen atoms in total. The van der Waals surface area contributed by atoms with Gasteiger partial charge in [0.2, 0.25) is 5.91 Å². The lowest BCUT2D eigenvalue weighted by molar-refractivity contribution is -0.133. The Morgan fingerprint density at radius 1 is 1.35 bits per heavy atom. The van der Waals surface area contributed by atoms with Gasteiger partial charge >= 0.3 is 0 Å². The highest BCUT2D eigenvalue weighted by Gasteiger charge is 2.35. The van der Waals surface area contributed by atoms with Crippen molar-refractivity contribution in [2.75, 3.05) is 19.6 Å². The molecular formula is C19H24N4O3. The molecule has 0 radical (unpaired) electrons. The van der Waals surface area contributed by atoms with Crippen molar-refractivity contribution in [1.82, 2.24) is 15.4 Å². The Morgan fingerprint density at radius 3 is 2.77 bits per heavy atom. The van der Waals surface area contributed by atoms with Crippen LogP contribution in [0.3, 0.4) is 0 Å². The number of nitrogens with two attached hydrogens (primary N) is 1. The predicted octanol–water partition coefficient (Wildman–Crippen LogP) is 1.66. The van der Waals surface area contributed by atoms with E-state index in [1.807, 2.05) is 30.3 Å². The third-order valence-corrected chi connectivity index (χ3v) is 4.87. The largest absolute Gasteiger partial charge is 0.355 e. The van der Waals surface area contributed by atoms with Crippen molar-refractivity contribution in [3.63, 3.8) is 0 Å². The Kier molecular flexibility index (Phi) is 5.08. The van der Waals surface area contributed by atoms with Crippen molar-refractivity contribution in [2.45, 2.75) is 26.3 Å². The maximum atomic E-state index is 12.4. The van der Waals surface area contributed by atoms with E-state index in [-0.39, 0.29) is 29.6 Å². The second kappa shape index (κ2) is 7.29. The molecule has 1 saturated heterocycles. The van der Waals surface area contributed by atoms with Gasteiger partial charge in [-0.2, -0.15) is 0 Å². The van der Waals surface area contributed by atoms with Gasteiger partial charge in [-0.3, -0.25) is 9.59 Å². The molecule has 2 amide bonds. The Hall–Kier alpha value is -2.67. The summed E-state index contributed by atoms with van der Waals surface area (Å²) in [7, 11) is 0. The molecule has 0 spiro atoms. The standard InChI is InChI=1S/C19H24N4O3/c1-19(2)12-23(9-8-16(19)20)17(24)11-21-18(25)14-10-15(26-22-14)13-6-4-3-5-7-13/h3-7,10,16H,8-9,11-12,20H2,1-2H3,(H,21,25). The van der Waals surface area contributed by atoms with E-state index in [0.717, 1.165) is 12.0 Å². The topological polar surface area (TPSA) is 101 Å². The van der Waals surface area contributed by atoms with Crippen molar-refractivity contribution in [2.24, 2.45) is 11.1 Å². The molecule has 0 saturated carbocycles. The molecule has 2 aromatic rings. The van der Waals surface area contributed by atoms with Gasteiger partial charge < -0.3 is 20.5 Å². The van der Waals surface area contributed by atoms with E-state index < -0.39 is 5.91 Å². The van der Waals surface area contributed by atoms with Gasteiger partial charge in [-0.15, -0.1) is 0 Å². The van der Waals surface area contributed by atoms with E-state index in [0.29, 0.717) is 18.8 Å². The minimum absolute atomic E-state index is 0.0717. The zero-order valence-corrected chi connectivity index (χ0v) is 15.1. The van der Waals surface area contributed by atoms with Crippen LogP contribution in [0.15, 0.2) is 40.9 Å². The van der Waals surface area contributed by atoms with Gasteiger partial charge in [0, 0.05) is 30.8 Å². The van der Waals surface area contributed by atoms with Crippen molar-refractivity contribution < 1.29 is 14.1 Å². The van der Waals surface area contributed by atoms with Crippen LogP contribution in [-0.4, -0.2) is 47.5 Å². The van der Waals surface area contributed by atoms with E-state index in [1.54, 1.807) is 11.0 Å². The fourth-order valence-electron chi connectivity index (χ4n) is 3.07. The van der Waals surface area contributed by atoms with E-state index in [9.17, 15) is 9.59 Å². The number of benzene rings is 1. The number of amides is 2. The fraction of sp³-hybridized carbons (Fsp3) is 0.421. The smallest absolute Gasteiger partial charge is 0.273 e. The third kappa shape index (κ3) is 3.94. The SMILES string of the molecule is CC1(C)CN(C(=O)CNC(=O)c2cc(-c3ccccc3)on2)CCC1N. The zero-order chi connectivity index (χ0) is 18.7. The second-order valence-electron chi connectivity index (χ2n) is 7.32. The number of carbonyl (C=O) groups excluding carboxylic acids is 2. The molecule has 1 aromatic carbocycles. The van der Waals surface area contributed by atoms with Gasteiger partial charge in [0.1, 0.15) is 0 Å². The summed E-state index contributed by atoms with van der Waals surface area (Å²) in [4.78, 5) is 26.4. The van der Waals surface area contributed by atoms with Crippen LogP contribution in [-0.2, 0) is 4.79 Å². The first-order valence-corrected chi connectivity index (χ1v) is 8.70. The van der Waals surface area contributed by atoms with Crippen molar-refractivity contribution in [3.05, 3.63) is 42.1 Å².